The lowest BCUT2D eigenvalue weighted by Gasteiger charge is -2.17. The van der Waals surface area contributed by atoms with E-state index < -0.39 is 4.32 Å². The van der Waals surface area contributed by atoms with Crippen LogP contribution >= 0.6 is 15.9 Å². The fraction of sp³-hybridized carbons (Fsp3) is 0.417. The van der Waals surface area contributed by atoms with E-state index in [1.165, 1.54) is 0 Å². The molecule has 82 valence electrons. The van der Waals surface area contributed by atoms with Crippen molar-refractivity contribution >= 4 is 27.5 Å². The van der Waals surface area contributed by atoms with Crippen molar-refractivity contribution in [3.63, 3.8) is 0 Å². The number of alkyl halides is 1. The Labute approximate surface area is 99.2 Å². The molecule has 0 saturated carbocycles. The summed E-state index contributed by atoms with van der Waals surface area (Å²) >= 11 is 3.33. The standard InChI is InChI=1S/C12H16BrNO/c1-8-5-6-9(2)10(7-8)14-11(15)12(3,4)13/h5-7H,1-4H3,(H,14,15). The van der Waals surface area contributed by atoms with Crippen LogP contribution in [-0.2, 0) is 4.79 Å². The van der Waals surface area contributed by atoms with Gasteiger partial charge >= 0.3 is 0 Å². The Kier molecular flexibility index (Phi) is 3.55. The van der Waals surface area contributed by atoms with Gasteiger partial charge in [-0.3, -0.25) is 4.79 Å². The summed E-state index contributed by atoms with van der Waals surface area (Å²) in [6.07, 6.45) is 0. The minimum Gasteiger partial charge on any atom is -0.325 e. The lowest BCUT2D eigenvalue weighted by atomic mass is 10.1. The van der Waals surface area contributed by atoms with Gasteiger partial charge in [-0.25, -0.2) is 0 Å². The number of nitrogens with one attached hydrogen (secondary N) is 1. The molecule has 2 nitrogen and oxygen atoms in total. The number of carbonyl (C=O) groups excluding carboxylic acids is 1. The van der Waals surface area contributed by atoms with E-state index in [1.54, 1.807) is 0 Å². The molecule has 1 amide bonds. The first kappa shape index (κ1) is 12.2. The second kappa shape index (κ2) is 4.35. The lowest BCUT2D eigenvalue weighted by Crippen LogP contribution is -2.31. The van der Waals surface area contributed by atoms with Gasteiger partial charge in [0.2, 0.25) is 5.91 Å². The van der Waals surface area contributed by atoms with E-state index in [9.17, 15) is 4.79 Å². The van der Waals surface area contributed by atoms with E-state index in [1.807, 2.05) is 45.9 Å². The van der Waals surface area contributed by atoms with Gasteiger partial charge in [-0.1, -0.05) is 28.1 Å². The SMILES string of the molecule is Cc1ccc(C)c(NC(=O)C(C)(C)Br)c1. The van der Waals surface area contributed by atoms with E-state index in [2.05, 4.69) is 21.2 Å². The molecule has 0 aliphatic carbocycles. The summed E-state index contributed by atoms with van der Waals surface area (Å²) < 4.78 is -0.539. The number of halogens is 1. The minimum absolute atomic E-state index is 0.0313. The van der Waals surface area contributed by atoms with E-state index in [0.29, 0.717) is 0 Å². The fourth-order valence-electron chi connectivity index (χ4n) is 1.14. The molecular formula is C12H16BrNO. The van der Waals surface area contributed by atoms with E-state index in [0.717, 1.165) is 16.8 Å². The van der Waals surface area contributed by atoms with Crippen molar-refractivity contribution in [2.45, 2.75) is 32.0 Å². The molecule has 0 radical (unpaired) electrons. The van der Waals surface area contributed by atoms with Crippen molar-refractivity contribution in [3.8, 4) is 0 Å². The first-order valence-electron chi connectivity index (χ1n) is 4.88. The first-order chi connectivity index (χ1) is 6.80. The highest BCUT2D eigenvalue weighted by molar-refractivity contribution is 9.10. The molecule has 1 aromatic rings. The van der Waals surface area contributed by atoms with Crippen molar-refractivity contribution < 1.29 is 4.79 Å². The molecule has 0 aliphatic rings. The van der Waals surface area contributed by atoms with Crippen LogP contribution in [0.1, 0.15) is 25.0 Å². The number of amides is 1. The zero-order valence-electron chi connectivity index (χ0n) is 9.52. The van der Waals surface area contributed by atoms with Crippen molar-refractivity contribution in [2.24, 2.45) is 0 Å². The van der Waals surface area contributed by atoms with Crippen LogP contribution in [0, 0.1) is 13.8 Å². The van der Waals surface area contributed by atoms with Crippen LogP contribution in [0.3, 0.4) is 0 Å². The summed E-state index contributed by atoms with van der Waals surface area (Å²) in [5, 5.41) is 2.91. The summed E-state index contributed by atoms with van der Waals surface area (Å²) in [7, 11) is 0. The maximum Gasteiger partial charge on any atom is 0.240 e. The topological polar surface area (TPSA) is 29.1 Å². The van der Waals surface area contributed by atoms with E-state index in [4.69, 9.17) is 0 Å². The second-order valence-corrected chi connectivity index (χ2v) is 6.23. The van der Waals surface area contributed by atoms with Crippen LogP contribution in [0.4, 0.5) is 5.69 Å². The predicted octanol–water partition coefficient (Wildman–Crippen LogP) is 3.42. The van der Waals surface area contributed by atoms with Gasteiger partial charge in [0, 0.05) is 5.69 Å². The molecular weight excluding hydrogens is 254 g/mol. The zero-order chi connectivity index (χ0) is 11.6. The summed E-state index contributed by atoms with van der Waals surface area (Å²) in [4.78, 5) is 11.7. The van der Waals surface area contributed by atoms with Crippen molar-refractivity contribution in [1.29, 1.82) is 0 Å². The molecule has 0 heterocycles. The molecule has 0 bridgehead atoms. The molecule has 0 aromatic heterocycles. The first-order valence-corrected chi connectivity index (χ1v) is 5.67. The summed E-state index contributed by atoms with van der Waals surface area (Å²) in [5.41, 5.74) is 3.10. The number of anilines is 1. The number of rotatable bonds is 2. The van der Waals surface area contributed by atoms with Gasteiger partial charge in [0.05, 0.1) is 4.32 Å². The maximum absolute atomic E-state index is 11.7. The number of hydrogen-bond donors (Lipinski definition) is 1. The Bertz CT molecular complexity index is 380. The summed E-state index contributed by atoms with van der Waals surface area (Å²) in [5.74, 6) is -0.0313. The Morgan fingerprint density at radius 2 is 1.93 bits per heavy atom. The van der Waals surface area contributed by atoms with Gasteiger partial charge in [-0.15, -0.1) is 0 Å². The van der Waals surface area contributed by atoms with Gasteiger partial charge in [0.25, 0.3) is 0 Å². The highest BCUT2D eigenvalue weighted by Gasteiger charge is 2.23. The second-order valence-electron chi connectivity index (χ2n) is 4.24. The maximum atomic E-state index is 11.7. The molecule has 0 saturated heterocycles. The van der Waals surface area contributed by atoms with Crippen LogP contribution in [0.5, 0.6) is 0 Å². The monoisotopic (exact) mass is 269 g/mol. The number of hydrogen-bond acceptors (Lipinski definition) is 1. The predicted molar refractivity (Wildman–Crippen MR) is 67.6 cm³/mol. The Hall–Kier alpha value is -0.830. The van der Waals surface area contributed by atoms with Gasteiger partial charge in [-0.2, -0.15) is 0 Å². The Morgan fingerprint density at radius 3 is 2.47 bits per heavy atom. The average molecular weight is 270 g/mol. The molecule has 15 heavy (non-hydrogen) atoms. The molecule has 1 rings (SSSR count). The van der Waals surface area contributed by atoms with Gasteiger partial charge < -0.3 is 5.32 Å². The minimum atomic E-state index is -0.539. The van der Waals surface area contributed by atoms with Gasteiger partial charge in [0.15, 0.2) is 0 Å². The normalized spacial score (nSPS) is 11.3. The third-order valence-electron chi connectivity index (χ3n) is 2.18. The zero-order valence-corrected chi connectivity index (χ0v) is 11.1. The Morgan fingerprint density at radius 1 is 1.33 bits per heavy atom. The van der Waals surface area contributed by atoms with Gasteiger partial charge in [0.1, 0.15) is 0 Å². The highest BCUT2D eigenvalue weighted by atomic mass is 79.9. The van der Waals surface area contributed by atoms with Crippen LogP contribution in [0.25, 0.3) is 0 Å². The van der Waals surface area contributed by atoms with Crippen molar-refractivity contribution in [2.75, 3.05) is 5.32 Å². The van der Waals surface area contributed by atoms with E-state index in [-0.39, 0.29) is 5.91 Å². The van der Waals surface area contributed by atoms with Crippen molar-refractivity contribution in [3.05, 3.63) is 29.3 Å². The quantitative estimate of drug-likeness (QED) is 0.820. The third-order valence-corrected chi connectivity index (χ3v) is 2.54. The van der Waals surface area contributed by atoms with Crippen LogP contribution in [-0.4, -0.2) is 10.2 Å². The smallest absolute Gasteiger partial charge is 0.240 e. The highest BCUT2D eigenvalue weighted by Crippen LogP contribution is 2.21. The molecule has 0 spiro atoms. The number of aryl methyl sites for hydroxylation is 2. The van der Waals surface area contributed by atoms with E-state index >= 15 is 0 Å². The molecule has 3 heteroatoms. The largest absolute Gasteiger partial charge is 0.325 e. The molecule has 1 N–H and O–H groups in total. The van der Waals surface area contributed by atoms with Crippen LogP contribution < -0.4 is 5.32 Å². The average Bonchev–Trinajstić information content (AvgIpc) is 2.09. The number of benzene rings is 1. The molecule has 0 unspecified atom stereocenters. The third kappa shape index (κ3) is 3.34. The van der Waals surface area contributed by atoms with Crippen molar-refractivity contribution in [1.82, 2.24) is 0 Å². The Balaban J connectivity index is 2.90. The number of carbonyl (C=O) groups is 1. The van der Waals surface area contributed by atoms with Crippen LogP contribution in [0.15, 0.2) is 18.2 Å². The van der Waals surface area contributed by atoms with Gasteiger partial charge in [-0.05, 0) is 44.9 Å². The summed E-state index contributed by atoms with van der Waals surface area (Å²) in [6.45, 7) is 7.64. The summed E-state index contributed by atoms with van der Waals surface area (Å²) in [6, 6.07) is 6.02. The fourth-order valence-corrected chi connectivity index (χ4v) is 1.24. The van der Waals surface area contributed by atoms with Crippen LogP contribution in [0.2, 0.25) is 0 Å². The molecule has 0 aliphatic heterocycles. The molecule has 0 atom stereocenters. The molecule has 0 fully saturated rings. The molecule has 1 aromatic carbocycles. The lowest BCUT2D eigenvalue weighted by molar-refractivity contribution is -0.117.